The van der Waals surface area contributed by atoms with Crippen LogP contribution in [0.15, 0.2) is 14.1 Å². The predicted octanol–water partition coefficient (Wildman–Crippen LogP) is 1.08. The van der Waals surface area contributed by atoms with Crippen molar-refractivity contribution in [3.8, 4) is 0 Å². The molecule has 0 saturated carbocycles. The van der Waals surface area contributed by atoms with Crippen LogP contribution >= 0.6 is 27.3 Å². The Morgan fingerprint density at radius 2 is 2.28 bits per heavy atom. The van der Waals surface area contributed by atoms with Gasteiger partial charge in [-0.2, -0.15) is 0 Å². The first-order valence-corrected chi connectivity index (χ1v) is 8.55. The average Bonchev–Trinajstić information content (AvgIpc) is 2.86. The summed E-state index contributed by atoms with van der Waals surface area (Å²) in [4.78, 5) is 0. The highest BCUT2D eigenvalue weighted by atomic mass is 79.9. The molecule has 0 amide bonds. The van der Waals surface area contributed by atoms with E-state index >= 15 is 0 Å². The van der Waals surface area contributed by atoms with Gasteiger partial charge in [-0.15, -0.1) is 11.3 Å². The van der Waals surface area contributed by atoms with Gasteiger partial charge in [-0.3, -0.25) is 0 Å². The van der Waals surface area contributed by atoms with Crippen LogP contribution in [0, 0.1) is 6.92 Å². The molecule has 1 aromatic rings. The highest BCUT2D eigenvalue weighted by Crippen LogP contribution is 2.30. The second-order valence-corrected chi connectivity index (χ2v) is 8.49. The van der Waals surface area contributed by atoms with Gasteiger partial charge in [-0.05, 0) is 34.5 Å². The Morgan fingerprint density at radius 1 is 1.56 bits per heavy atom. The molecule has 0 spiro atoms. The average molecular weight is 355 g/mol. The first-order valence-electron chi connectivity index (χ1n) is 5.46. The van der Waals surface area contributed by atoms with Gasteiger partial charge in [0.1, 0.15) is 4.21 Å². The van der Waals surface area contributed by atoms with Crippen LogP contribution in [-0.4, -0.2) is 40.8 Å². The summed E-state index contributed by atoms with van der Waals surface area (Å²) in [6, 6.07) is 1.45. The second-order valence-electron chi connectivity index (χ2n) is 4.18. The smallest absolute Gasteiger partial charge is 0.250 e. The van der Waals surface area contributed by atoms with Crippen LogP contribution in [0.2, 0.25) is 0 Å². The van der Waals surface area contributed by atoms with Crippen molar-refractivity contribution in [1.82, 2.24) is 10.0 Å². The molecule has 1 aliphatic heterocycles. The molecule has 1 fully saturated rings. The summed E-state index contributed by atoms with van der Waals surface area (Å²) in [5, 5.41) is 3.11. The van der Waals surface area contributed by atoms with Gasteiger partial charge in [0, 0.05) is 20.2 Å². The molecule has 0 aromatic carbocycles. The number of rotatable bonds is 4. The molecule has 8 heteroatoms. The maximum Gasteiger partial charge on any atom is 0.250 e. The molecule has 5 nitrogen and oxygen atoms in total. The number of hydrogen-bond donors (Lipinski definition) is 2. The highest BCUT2D eigenvalue weighted by molar-refractivity contribution is 9.11. The first kappa shape index (κ1) is 14.4. The van der Waals surface area contributed by atoms with E-state index in [0.29, 0.717) is 17.3 Å². The summed E-state index contributed by atoms with van der Waals surface area (Å²) >= 11 is 4.55. The molecule has 18 heavy (non-hydrogen) atoms. The minimum absolute atomic E-state index is 0.121. The molecule has 1 aromatic heterocycles. The Bertz CT molecular complexity index is 510. The molecular weight excluding hydrogens is 340 g/mol. The summed E-state index contributed by atoms with van der Waals surface area (Å²) in [5.41, 5.74) is 0.924. The lowest BCUT2D eigenvalue weighted by molar-refractivity contribution is 0.103. The molecule has 1 saturated heterocycles. The fourth-order valence-electron chi connectivity index (χ4n) is 1.84. The zero-order chi connectivity index (χ0) is 13.3. The lowest BCUT2D eigenvalue weighted by Gasteiger charge is -2.17. The standard InChI is InChI=1S/C10H15BrN2O3S2/c1-6-3-9(17-10(6)11)18(14,15)13-7-4-12-5-8(7)16-2/h3,7-8,12-13H,4-5H2,1-2H3/t7?,8-/m0/s1. The monoisotopic (exact) mass is 354 g/mol. The molecule has 1 aliphatic rings. The number of aryl methyl sites for hydroxylation is 1. The Labute approximate surface area is 119 Å². The molecule has 0 radical (unpaired) electrons. The van der Waals surface area contributed by atoms with Gasteiger partial charge in [-0.1, -0.05) is 0 Å². The molecule has 0 bridgehead atoms. The molecular formula is C10H15BrN2O3S2. The van der Waals surface area contributed by atoms with E-state index in [4.69, 9.17) is 4.74 Å². The largest absolute Gasteiger partial charge is 0.378 e. The number of halogens is 1. The second kappa shape index (κ2) is 5.56. The Balaban J connectivity index is 2.17. The van der Waals surface area contributed by atoms with Crippen LogP contribution in [-0.2, 0) is 14.8 Å². The Hall–Kier alpha value is 0.01000. The molecule has 102 valence electrons. The van der Waals surface area contributed by atoms with Crippen molar-refractivity contribution in [2.24, 2.45) is 0 Å². The predicted molar refractivity (Wildman–Crippen MR) is 74.5 cm³/mol. The van der Waals surface area contributed by atoms with Crippen molar-refractivity contribution in [3.63, 3.8) is 0 Å². The quantitative estimate of drug-likeness (QED) is 0.848. The van der Waals surface area contributed by atoms with Crippen LogP contribution in [0.25, 0.3) is 0 Å². The zero-order valence-electron chi connectivity index (χ0n) is 10.1. The normalized spacial score (nSPS) is 24.6. The molecule has 2 heterocycles. The number of ether oxygens (including phenoxy) is 1. The fraction of sp³-hybridized carbons (Fsp3) is 0.600. The Kier molecular flexibility index (Phi) is 4.45. The van der Waals surface area contributed by atoms with Crippen molar-refractivity contribution in [1.29, 1.82) is 0 Å². The van der Waals surface area contributed by atoms with Gasteiger partial charge in [0.05, 0.1) is 15.9 Å². The van der Waals surface area contributed by atoms with Crippen LogP contribution in [0.1, 0.15) is 5.56 Å². The van der Waals surface area contributed by atoms with E-state index in [1.165, 1.54) is 11.3 Å². The first-order chi connectivity index (χ1) is 8.44. The molecule has 2 atom stereocenters. The van der Waals surface area contributed by atoms with Gasteiger partial charge in [-0.25, -0.2) is 13.1 Å². The zero-order valence-corrected chi connectivity index (χ0v) is 13.3. The maximum absolute atomic E-state index is 12.2. The van der Waals surface area contributed by atoms with E-state index in [-0.39, 0.29) is 12.1 Å². The van der Waals surface area contributed by atoms with Crippen molar-refractivity contribution in [2.45, 2.75) is 23.3 Å². The topological polar surface area (TPSA) is 67.4 Å². The van der Waals surface area contributed by atoms with E-state index in [2.05, 4.69) is 26.0 Å². The van der Waals surface area contributed by atoms with Gasteiger partial charge < -0.3 is 10.1 Å². The summed E-state index contributed by atoms with van der Waals surface area (Å²) in [6.07, 6.45) is -0.121. The van der Waals surface area contributed by atoms with E-state index in [1.807, 2.05) is 6.92 Å². The molecule has 2 rings (SSSR count). The number of nitrogens with one attached hydrogen (secondary N) is 2. The summed E-state index contributed by atoms with van der Waals surface area (Å²) in [5.74, 6) is 0. The van der Waals surface area contributed by atoms with Crippen molar-refractivity contribution in [3.05, 3.63) is 15.4 Å². The molecule has 0 aliphatic carbocycles. The van der Waals surface area contributed by atoms with Crippen LogP contribution in [0.3, 0.4) is 0 Å². The van der Waals surface area contributed by atoms with Crippen molar-refractivity contribution >= 4 is 37.3 Å². The lowest BCUT2D eigenvalue weighted by Crippen LogP contribution is -2.43. The molecule has 1 unspecified atom stereocenters. The van der Waals surface area contributed by atoms with Gasteiger partial charge in [0.2, 0.25) is 10.0 Å². The third-order valence-electron chi connectivity index (χ3n) is 2.87. The summed E-state index contributed by atoms with van der Waals surface area (Å²) in [7, 11) is -1.88. The highest BCUT2D eigenvalue weighted by Gasteiger charge is 2.31. The Morgan fingerprint density at radius 3 is 2.83 bits per heavy atom. The molecule has 2 N–H and O–H groups in total. The summed E-state index contributed by atoms with van der Waals surface area (Å²) in [6.45, 7) is 3.12. The number of sulfonamides is 1. The number of hydrogen-bond acceptors (Lipinski definition) is 5. The van der Waals surface area contributed by atoms with Gasteiger partial charge in [0.15, 0.2) is 0 Å². The van der Waals surface area contributed by atoms with Crippen LogP contribution < -0.4 is 10.0 Å². The lowest BCUT2D eigenvalue weighted by atomic mass is 10.2. The van der Waals surface area contributed by atoms with Crippen LogP contribution in [0.4, 0.5) is 0 Å². The SMILES string of the molecule is CO[C@H]1CNCC1NS(=O)(=O)c1cc(C)c(Br)s1. The maximum atomic E-state index is 12.2. The van der Waals surface area contributed by atoms with Gasteiger partial charge >= 0.3 is 0 Å². The third-order valence-corrected chi connectivity index (χ3v) is 6.97. The van der Waals surface area contributed by atoms with E-state index in [0.717, 1.165) is 9.35 Å². The third kappa shape index (κ3) is 2.94. The van der Waals surface area contributed by atoms with E-state index in [9.17, 15) is 8.42 Å². The summed E-state index contributed by atoms with van der Waals surface area (Å²) < 4.78 is 33.5. The van der Waals surface area contributed by atoms with Crippen molar-refractivity contribution in [2.75, 3.05) is 20.2 Å². The van der Waals surface area contributed by atoms with Gasteiger partial charge in [0.25, 0.3) is 0 Å². The van der Waals surface area contributed by atoms with Crippen LogP contribution in [0.5, 0.6) is 0 Å². The fourth-order valence-corrected chi connectivity index (χ4v) is 5.35. The van der Waals surface area contributed by atoms with E-state index in [1.54, 1.807) is 13.2 Å². The minimum atomic E-state index is -3.47. The number of thiophene rings is 1. The number of methoxy groups -OCH3 is 1. The van der Waals surface area contributed by atoms with E-state index < -0.39 is 10.0 Å². The minimum Gasteiger partial charge on any atom is -0.378 e. The van der Waals surface area contributed by atoms with Crippen molar-refractivity contribution < 1.29 is 13.2 Å².